The Hall–Kier alpha value is -4.26. The van der Waals surface area contributed by atoms with Gasteiger partial charge in [0.1, 0.15) is 0 Å². The maximum atomic E-state index is 12.6. The second-order valence-electron chi connectivity index (χ2n) is 6.83. The van der Waals surface area contributed by atoms with E-state index < -0.39 is 0 Å². The number of aromatic nitrogens is 4. The van der Waals surface area contributed by atoms with Crippen LogP contribution in [0, 0.1) is 5.41 Å². The van der Waals surface area contributed by atoms with Gasteiger partial charge in [0.2, 0.25) is 5.43 Å². The highest BCUT2D eigenvalue weighted by Crippen LogP contribution is 2.20. The molecule has 0 radical (unpaired) electrons. The standard InChI is InChI=1S/C24H22N6O/c1-2-18-17-20(29-15-6-14-26-29)9-10-22(18)30-16-12-23(31)24(28-30)21(11-13-25)27-19-7-4-3-5-8-19/h3-17,25,27H,2H2,1H3/b21-11-,25-13?. The number of benzene rings is 2. The predicted molar refractivity (Wildman–Crippen MR) is 123 cm³/mol. The van der Waals surface area contributed by atoms with E-state index in [4.69, 9.17) is 5.41 Å². The normalized spacial score (nSPS) is 11.3. The van der Waals surface area contributed by atoms with Gasteiger partial charge in [-0.2, -0.15) is 10.2 Å². The number of aryl methyl sites for hydroxylation is 1. The molecule has 0 atom stereocenters. The van der Waals surface area contributed by atoms with E-state index in [1.807, 2.05) is 59.4 Å². The zero-order chi connectivity index (χ0) is 21.6. The first-order valence-corrected chi connectivity index (χ1v) is 9.96. The fourth-order valence-electron chi connectivity index (χ4n) is 3.31. The third-order valence-electron chi connectivity index (χ3n) is 4.83. The van der Waals surface area contributed by atoms with Crippen LogP contribution in [0.4, 0.5) is 5.69 Å². The van der Waals surface area contributed by atoms with Gasteiger partial charge in [-0.25, -0.2) is 9.36 Å². The van der Waals surface area contributed by atoms with E-state index in [1.54, 1.807) is 17.1 Å². The van der Waals surface area contributed by atoms with Crippen molar-refractivity contribution >= 4 is 17.6 Å². The highest BCUT2D eigenvalue weighted by atomic mass is 16.1. The number of para-hydroxylation sites is 1. The van der Waals surface area contributed by atoms with E-state index in [2.05, 4.69) is 28.5 Å². The maximum absolute atomic E-state index is 12.6. The molecule has 0 saturated carbocycles. The highest BCUT2D eigenvalue weighted by Gasteiger charge is 2.12. The van der Waals surface area contributed by atoms with Crippen LogP contribution in [0.25, 0.3) is 17.1 Å². The van der Waals surface area contributed by atoms with E-state index in [1.165, 1.54) is 12.1 Å². The number of anilines is 1. The molecule has 0 spiro atoms. The van der Waals surface area contributed by atoms with Crippen LogP contribution in [0.3, 0.4) is 0 Å². The molecule has 2 aromatic carbocycles. The van der Waals surface area contributed by atoms with Crippen LogP contribution >= 0.6 is 0 Å². The van der Waals surface area contributed by atoms with E-state index >= 15 is 0 Å². The Kier molecular flexibility index (Phi) is 5.84. The fraction of sp³-hybridized carbons (Fsp3) is 0.0833. The first kappa shape index (κ1) is 20.0. The molecule has 0 aliphatic heterocycles. The van der Waals surface area contributed by atoms with Gasteiger partial charge in [-0.3, -0.25) is 4.79 Å². The molecular weight excluding hydrogens is 388 g/mol. The van der Waals surface area contributed by atoms with Crippen molar-refractivity contribution in [1.82, 2.24) is 19.6 Å². The van der Waals surface area contributed by atoms with E-state index in [0.717, 1.165) is 35.3 Å². The second kappa shape index (κ2) is 9.04. The molecule has 0 bridgehead atoms. The smallest absolute Gasteiger partial charge is 0.209 e. The SMILES string of the molecule is CCc1cc(-n2cccn2)ccc1-n1ccc(=O)c(/C(=C/C=N)Nc2ccccc2)n1. The lowest BCUT2D eigenvalue weighted by Gasteiger charge is -2.15. The fourth-order valence-corrected chi connectivity index (χ4v) is 3.31. The molecule has 7 nitrogen and oxygen atoms in total. The lowest BCUT2D eigenvalue weighted by Crippen LogP contribution is -2.19. The summed E-state index contributed by atoms with van der Waals surface area (Å²) < 4.78 is 3.51. The summed E-state index contributed by atoms with van der Waals surface area (Å²) in [5.74, 6) is 0. The Morgan fingerprint density at radius 1 is 1.06 bits per heavy atom. The van der Waals surface area contributed by atoms with Crippen molar-refractivity contribution in [1.29, 1.82) is 5.41 Å². The van der Waals surface area contributed by atoms with Crippen LogP contribution in [0.15, 0.2) is 90.1 Å². The molecule has 2 N–H and O–H groups in total. The Labute approximate surface area is 179 Å². The number of nitrogens with one attached hydrogen (secondary N) is 2. The summed E-state index contributed by atoms with van der Waals surface area (Å²) in [5.41, 5.74) is 4.21. The molecule has 7 heteroatoms. The van der Waals surface area contributed by atoms with E-state index in [-0.39, 0.29) is 11.1 Å². The Morgan fingerprint density at radius 2 is 1.90 bits per heavy atom. The monoisotopic (exact) mass is 410 g/mol. The van der Waals surface area contributed by atoms with Crippen molar-refractivity contribution in [3.63, 3.8) is 0 Å². The summed E-state index contributed by atoms with van der Waals surface area (Å²) in [6.45, 7) is 2.08. The largest absolute Gasteiger partial charge is 0.354 e. The van der Waals surface area contributed by atoms with Crippen molar-refractivity contribution in [3.8, 4) is 11.4 Å². The van der Waals surface area contributed by atoms with Gasteiger partial charge in [-0.05, 0) is 54.5 Å². The predicted octanol–water partition coefficient (Wildman–Crippen LogP) is 4.08. The molecule has 0 unspecified atom stereocenters. The number of hydrogen-bond donors (Lipinski definition) is 2. The average Bonchev–Trinajstić information content (AvgIpc) is 3.35. The van der Waals surface area contributed by atoms with Crippen molar-refractivity contribution < 1.29 is 0 Å². The number of nitrogens with zero attached hydrogens (tertiary/aromatic N) is 4. The molecule has 154 valence electrons. The number of allylic oxidation sites excluding steroid dienone is 1. The van der Waals surface area contributed by atoms with Crippen LogP contribution in [0.1, 0.15) is 18.2 Å². The van der Waals surface area contributed by atoms with Crippen molar-refractivity contribution in [2.75, 3.05) is 5.32 Å². The van der Waals surface area contributed by atoms with Crippen molar-refractivity contribution in [2.45, 2.75) is 13.3 Å². The zero-order valence-electron chi connectivity index (χ0n) is 17.1. The van der Waals surface area contributed by atoms with Gasteiger partial charge < -0.3 is 10.7 Å². The van der Waals surface area contributed by atoms with Gasteiger partial charge in [0, 0.05) is 36.6 Å². The first-order valence-electron chi connectivity index (χ1n) is 9.96. The minimum Gasteiger partial charge on any atom is -0.354 e. The van der Waals surface area contributed by atoms with Crippen LogP contribution in [0.5, 0.6) is 0 Å². The molecule has 0 saturated heterocycles. The molecule has 0 aliphatic carbocycles. The Balaban J connectivity index is 1.76. The van der Waals surface area contributed by atoms with Crippen LogP contribution < -0.4 is 10.7 Å². The average molecular weight is 410 g/mol. The van der Waals surface area contributed by atoms with Crippen LogP contribution in [0.2, 0.25) is 0 Å². The summed E-state index contributed by atoms with van der Waals surface area (Å²) in [5, 5.41) is 19.6. The quantitative estimate of drug-likeness (QED) is 0.449. The molecule has 0 fully saturated rings. The maximum Gasteiger partial charge on any atom is 0.209 e. The van der Waals surface area contributed by atoms with Crippen molar-refractivity contribution in [2.24, 2.45) is 0 Å². The molecule has 2 heterocycles. The first-order chi connectivity index (χ1) is 15.2. The summed E-state index contributed by atoms with van der Waals surface area (Å²) >= 11 is 0. The van der Waals surface area contributed by atoms with Gasteiger partial charge in [-0.1, -0.05) is 25.1 Å². The summed E-state index contributed by atoms with van der Waals surface area (Å²) in [6.07, 6.45) is 8.76. The highest BCUT2D eigenvalue weighted by molar-refractivity contribution is 5.86. The van der Waals surface area contributed by atoms with Gasteiger partial charge >= 0.3 is 0 Å². The third kappa shape index (κ3) is 4.35. The van der Waals surface area contributed by atoms with E-state index in [9.17, 15) is 4.79 Å². The summed E-state index contributed by atoms with van der Waals surface area (Å²) in [7, 11) is 0. The molecule has 0 amide bonds. The van der Waals surface area contributed by atoms with Crippen LogP contribution in [-0.2, 0) is 6.42 Å². The molecule has 4 rings (SSSR count). The zero-order valence-corrected chi connectivity index (χ0v) is 17.1. The summed E-state index contributed by atoms with van der Waals surface area (Å²) in [6, 6.07) is 18.9. The molecular formula is C24H22N6O. The molecule has 2 aromatic heterocycles. The topological polar surface area (TPSA) is 88.6 Å². The minimum atomic E-state index is -0.223. The van der Waals surface area contributed by atoms with Gasteiger partial charge in [0.05, 0.1) is 17.1 Å². The molecule has 4 aromatic rings. The van der Waals surface area contributed by atoms with Gasteiger partial charge in [0.25, 0.3) is 0 Å². The van der Waals surface area contributed by atoms with Gasteiger partial charge in [-0.15, -0.1) is 0 Å². The minimum absolute atomic E-state index is 0.223. The lowest BCUT2D eigenvalue weighted by atomic mass is 10.1. The number of hydrogen-bond acceptors (Lipinski definition) is 5. The van der Waals surface area contributed by atoms with Crippen molar-refractivity contribution in [3.05, 3.63) is 107 Å². The Bertz CT molecular complexity index is 1270. The van der Waals surface area contributed by atoms with Crippen LogP contribution in [-0.4, -0.2) is 25.8 Å². The molecule has 0 aliphatic rings. The second-order valence-corrected chi connectivity index (χ2v) is 6.83. The lowest BCUT2D eigenvalue weighted by molar-refractivity contribution is 0.808. The van der Waals surface area contributed by atoms with E-state index in [0.29, 0.717) is 5.70 Å². The molecule has 31 heavy (non-hydrogen) atoms. The Morgan fingerprint density at radius 3 is 2.61 bits per heavy atom. The number of rotatable bonds is 7. The summed E-state index contributed by atoms with van der Waals surface area (Å²) in [4.78, 5) is 12.6. The van der Waals surface area contributed by atoms with Gasteiger partial charge in [0.15, 0.2) is 5.69 Å². The third-order valence-corrected chi connectivity index (χ3v) is 4.83.